The number of fused-ring (bicyclic) bond motifs is 1. The molecule has 0 saturated heterocycles. The summed E-state index contributed by atoms with van der Waals surface area (Å²) in [6.07, 6.45) is -1.02. The van der Waals surface area contributed by atoms with Gasteiger partial charge in [0.25, 0.3) is 0 Å². The van der Waals surface area contributed by atoms with Gasteiger partial charge < -0.3 is 10.4 Å². The van der Waals surface area contributed by atoms with E-state index >= 15 is 0 Å². The summed E-state index contributed by atoms with van der Waals surface area (Å²) in [5.74, 6) is 0.475. The molecule has 2 N–H and O–H groups in total. The molecule has 100 valence electrons. The molecule has 0 amide bonds. The van der Waals surface area contributed by atoms with Crippen molar-refractivity contribution in [2.24, 2.45) is 0 Å². The zero-order chi connectivity index (χ0) is 13.9. The van der Waals surface area contributed by atoms with Crippen molar-refractivity contribution in [3.05, 3.63) is 60.4 Å². The average Bonchev–Trinajstić information content (AvgIpc) is 2.84. The first-order valence-electron chi connectivity index (χ1n) is 6.24. The van der Waals surface area contributed by atoms with Crippen LogP contribution in [0.5, 0.6) is 0 Å². The summed E-state index contributed by atoms with van der Waals surface area (Å²) in [6.45, 7) is 0.352. The predicted octanol–water partition coefficient (Wildman–Crippen LogP) is 3.17. The molecule has 0 bridgehead atoms. The Morgan fingerprint density at radius 3 is 2.55 bits per heavy atom. The highest BCUT2D eigenvalue weighted by molar-refractivity contribution is 5.86. The smallest absolute Gasteiger partial charge is 0.417 e. The Bertz CT molecular complexity index is 750. The Kier molecular flexibility index (Phi) is 3.09. The van der Waals surface area contributed by atoms with Gasteiger partial charge in [-0.2, -0.15) is 0 Å². The summed E-state index contributed by atoms with van der Waals surface area (Å²) in [5, 5.41) is 12.5. The normalized spacial score (nSPS) is 10.6. The first kappa shape index (κ1) is 12.2. The van der Waals surface area contributed by atoms with Crippen molar-refractivity contribution in [1.29, 1.82) is 0 Å². The van der Waals surface area contributed by atoms with Gasteiger partial charge in [0.15, 0.2) is 0 Å². The molecule has 5 nitrogen and oxygen atoms in total. The van der Waals surface area contributed by atoms with E-state index < -0.39 is 6.09 Å². The molecule has 5 heteroatoms. The topological polar surface area (TPSA) is 67.2 Å². The van der Waals surface area contributed by atoms with Crippen LogP contribution in [0.15, 0.2) is 54.6 Å². The zero-order valence-electron chi connectivity index (χ0n) is 10.7. The van der Waals surface area contributed by atoms with Gasteiger partial charge in [-0.1, -0.05) is 30.3 Å². The number of carbonyl (C=O) groups is 1. The molecule has 0 spiro atoms. The van der Waals surface area contributed by atoms with Crippen LogP contribution >= 0.6 is 0 Å². The van der Waals surface area contributed by atoms with Gasteiger partial charge in [0.05, 0.1) is 17.6 Å². The molecule has 0 aliphatic heterocycles. The van der Waals surface area contributed by atoms with Crippen molar-refractivity contribution in [1.82, 2.24) is 9.55 Å². The lowest BCUT2D eigenvalue weighted by Gasteiger charge is -2.06. The summed E-state index contributed by atoms with van der Waals surface area (Å²) >= 11 is 0. The maximum Gasteiger partial charge on any atom is 0.417 e. The quantitative estimate of drug-likeness (QED) is 0.764. The summed E-state index contributed by atoms with van der Waals surface area (Å²) < 4.78 is 1.21. The first-order chi connectivity index (χ1) is 9.75. The zero-order valence-corrected chi connectivity index (χ0v) is 10.7. The van der Waals surface area contributed by atoms with Crippen LogP contribution in [0, 0.1) is 0 Å². The maximum absolute atomic E-state index is 11.4. The van der Waals surface area contributed by atoms with E-state index in [0.29, 0.717) is 23.4 Å². The molecule has 0 saturated carbocycles. The number of carboxylic acid groups (broad SMARTS) is 1. The Hall–Kier alpha value is -2.82. The SMILES string of the molecule is O=C(O)n1c(CNc2ccccc2)nc2ccccc21. The molecule has 1 aromatic heterocycles. The van der Waals surface area contributed by atoms with Crippen molar-refractivity contribution in [3.8, 4) is 0 Å². The van der Waals surface area contributed by atoms with Gasteiger partial charge in [0.1, 0.15) is 5.82 Å². The van der Waals surface area contributed by atoms with Crippen molar-refractivity contribution in [2.75, 3.05) is 5.32 Å². The van der Waals surface area contributed by atoms with E-state index in [1.54, 1.807) is 18.2 Å². The van der Waals surface area contributed by atoms with E-state index in [1.165, 1.54) is 4.57 Å². The molecular formula is C15H13N3O2. The Labute approximate surface area is 115 Å². The fraction of sp³-hybridized carbons (Fsp3) is 0.0667. The third kappa shape index (κ3) is 2.21. The van der Waals surface area contributed by atoms with E-state index in [2.05, 4.69) is 10.3 Å². The van der Waals surface area contributed by atoms with Crippen LogP contribution in [0.2, 0.25) is 0 Å². The van der Waals surface area contributed by atoms with Crippen LogP contribution in [0.3, 0.4) is 0 Å². The van der Waals surface area contributed by atoms with E-state index in [0.717, 1.165) is 5.69 Å². The minimum Gasteiger partial charge on any atom is -0.464 e. The molecular weight excluding hydrogens is 254 g/mol. The molecule has 0 fully saturated rings. The fourth-order valence-corrected chi connectivity index (χ4v) is 2.15. The molecule has 0 aliphatic rings. The second kappa shape index (κ2) is 5.05. The summed E-state index contributed by atoms with van der Waals surface area (Å²) in [7, 11) is 0. The van der Waals surface area contributed by atoms with Gasteiger partial charge >= 0.3 is 6.09 Å². The molecule has 0 atom stereocenters. The van der Waals surface area contributed by atoms with Crippen molar-refractivity contribution in [2.45, 2.75) is 6.54 Å². The monoisotopic (exact) mass is 267 g/mol. The lowest BCUT2D eigenvalue weighted by atomic mass is 10.3. The van der Waals surface area contributed by atoms with Crippen molar-refractivity contribution >= 4 is 22.8 Å². The molecule has 2 aromatic carbocycles. The van der Waals surface area contributed by atoms with E-state index in [-0.39, 0.29) is 0 Å². The molecule has 3 aromatic rings. The Morgan fingerprint density at radius 1 is 1.10 bits per heavy atom. The van der Waals surface area contributed by atoms with Crippen LogP contribution in [-0.4, -0.2) is 20.8 Å². The number of imidazole rings is 1. The Balaban J connectivity index is 1.95. The largest absolute Gasteiger partial charge is 0.464 e. The lowest BCUT2D eigenvalue weighted by Crippen LogP contribution is -2.14. The molecule has 20 heavy (non-hydrogen) atoms. The highest BCUT2D eigenvalue weighted by Crippen LogP contribution is 2.17. The number of rotatable bonds is 3. The second-order valence-electron chi connectivity index (χ2n) is 4.35. The van der Waals surface area contributed by atoms with Crippen molar-refractivity contribution < 1.29 is 9.90 Å². The summed E-state index contributed by atoms with van der Waals surface area (Å²) in [4.78, 5) is 15.8. The lowest BCUT2D eigenvalue weighted by molar-refractivity contribution is 0.196. The minimum atomic E-state index is -1.02. The highest BCUT2D eigenvalue weighted by Gasteiger charge is 2.14. The van der Waals surface area contributed by atoms with Gasteiger partial charge in [-0.3, -0.25) is 0 Å². The van der Waals surface area contributed by atoms with Crippen LogP contribution in [0.25, 0.3) is 11.0 Å². The number of benzene rings is 2. The van der Waals surface area contributed by atoms with Crippen LogP contribution < -0.4 is 5.32 Å². The van der Waals surface area contributed by atoms with E-state index in [4.69, 9.17) is 0 Å². The van der Waals surface area contributed by atoms with Gasteiger partial charge in [-0.05, 0) is 24.3 Å². The third-order valence-electron chi connectivity index (χ3n) is 3.05. The summed E-state index contributed by atoms with van der Waals surface area (Å²) in [6, 6.07) is 16.8. The molecule has 0 unspecified atom stereocenters. The predicted molar refractivity (Wildman–Crippen MR) is 76.9 cm³/mol. The Morgan fingerprint density at radius 2 is 1.80 bits per heavy atom. The number of hydrogen-bond acceptors (Lipinski definition) is 3. The molecule has 0 aliphatic carbocycles. The van der Waals surface area contributed by atoms with Crippen LogP contribution in [-0.2, 0) is 6.54 Å². The number of aromatic nitrogens is 2. The van der Waals surface area contributed by atoms with Gasteiger partial charge in [-0.15, -0.1) is 0 Å². The average molecular weight is 267 g/mol. The number of nitrogens with one attached hydrogen (secondary N) is 1. The van der Waals surface area contributed by atoms with Gasteiger partial charge in [-0.25, -0.2) is 14.3 Å². The second-order valence-corrected chi connectivity index (χ2v) is 4.35. The molecule has 1 heterocycles. The van der Waals surface area contributed by atoms with Crippen LogP contribution in [0.1, 0.15) is 5.82 Å². The number of hydrogen-bond donors (Lipinski definition) is 2. The molecule has 3 rings (SSSR count). The number of para-hydroxylation sites is 3. The standard InChI is InChI=1S/C15H13N3O2/c19-15(20)18-13-9-5-4-8-12(13)17-14(18)10-16-11-6-2-1-3-7-11/h1-9,16H,10H2,(H,19,20). The summed E-state index contributed by atoms with van der Waals surface area (Å²) in [5.41, 5.74) is 2.21. The molecule has 0 radical (unpaired) electrons. The minimum absolute atomic E-state index is 0.352. The van der Waals surface area contributed by atoms with Gasteiger partial charge in [0.2, 0.25) is 0 Å². The van der Waals surface area contributed by atoms with E-state index in [9.17, 15) is 9.90 Å². The van der Waals surface area contributed by atoms with Gasteiger partial charge in [0, 0.05) is 5.69 Å². The highest BCUT2D eigenvalue weighted by atomic mass is 16.4. The van der Waals surface area contributed by atoms with E-state index in [1.807, 2.05) is 36.4 Å². The number of anilines is 1. The van der Waals surface area contributed by atoms with Crippen LogP contribution in [0.4, 0.5) is 10.5 Å². The van der Waals surface area contributed by atoms with Crippen molar-refractivity contribution in [3.63, 3.8) is 0 Å². The first-order valence-corrected chi connectivity index (χ1v) is 6.24. The fourth-order valence-electron chi connectivity index (χ4n) is 2.15. The number of nitrogens with zero attached hydrogens (tertiary/aromatic N) is 2. The maximum atomic E-state index is 11.4. The third-order valence-corrected chi connectivity index (χ3v) is 3.05.